The van der Waals surface area contributed by atoms with E-state index in [1.54, 1.807) is 0 Å². The molecule has 1 aromatic carbocycles. The summed E-state index contributed by atoms with van der Waals surface area (Å²) in [7, 11) is 0. The van der Waals surface area contributed by atoms with E-state index >= 15 is 0 Å². The minimum Gasteiger partial charge on any atom is -0.384 e. The molecule has 1 aliphatic rings. The lowest BCUT2D eigenvalue weighted by Crippen LogP contribution is -2.34. The molecule has 0 bridgehead atoms. The minimum absolute atomic E-state index is 0.367. The van der Waals surface area contributed by atoms with E-state index in [2.05, 4.69) is 48.3 Å². The van der Waals surface area contributed by atoms with E-state index in [9.17, 15) is 0 Å². The summed E-state index contributed by atoms with van der Waals surface area (Å²) in [6.45, 7) is 9.50. The molecule has 1 N–H and O–H groups in total. The summed E-state index contributed by atoms with van der Waals surface area (Å²) in [5, 5.41) is 3.51. The Morgan fingerprint density at radius 3 is 3.06 bits per heavy atom. The molecule has 1 aliphatic heterocycles. The van der Waals surface area contributed by atoms with Crippen molar-refractivity contribution in [2.24, 2.45) is 0 Å². The minimum atomic E-state index is 0.367. The number of hydrogen-bond acceptors (Lipinski definition) is 3. The largest absolute Gasteiger partial charge is 0.384 e. The summed E-state index contributed by atoms with van der Waals surface area (Å²) in [6.07, 6.45) is 1.51. The van der Waals surface area contributed by atoms with Crippen molar-refractivity contribution in [3.63, 3.8) is 0 Å². The summed E-state index contributed by atoms with van der Waals surface area (Å²) < 4.78 is 5.65. The molecule has 1 atom stereocenters. The van der Waals surface area contributed by atoms with Crippen molar-refractivity contribution in [3.8, 4) is 0 Å². The second kappa shape index (κ2) is 6.76. The second-order valence-electron chi connectivity index (χ2n) is 5.08. The zero-order chi connectivity index (χ0) is 12.8. The van der Waals surface area contributed by atoms with Gasteiger partial charge in [-0.2, -0.15) is 0 Å². The van der Waals surface area contributed by atoms with Crippen molar-refractivity contribution in [2.75, 3.05) is 38.1 Å². The fraction of sp³-hybridized carbons (Fsp3) is 0.600. The topological polar surface area (TPSA) is 24.5 Å². The van der Waals surface area contributed by atoms with Gasteiger partial charge in [0.1, 0.15) is 0 Å². The van der Waals surface area contributed by atoms with Crippen molar-refractivity contribution in [1.29, 1.82) is 0 Å². The normalized spacial score (nSPS) is 21.6. The molecule has 1 heterocycles. The third-order valence-electron chi connectivity index (χ3n) is 3.42. The van der Waals surface area contributed by atoms with Crippen LogP contribution in [0.25, 0.3) is 0 Å². The van der Waals surface area contributed by atoms with Gasteiger partial charge in [0.2, 0.25) is 0 Å². The Labute approximate surface area is 110 Å². The Morgan fingerprint density at radius 2 is 2.22 bits per heavy atom. The van der Waals surface area contributed by atoms with Gasteiger partial charge in [-0.1, -0.05) is 18.2 Å². The molecule has 0 amide bonds. The standard InChI is InChI=1S/C15H24N2O/c1-13-6-3-4-7-15(13)16-8-10-17-9-5-11-18-14(2)12-17/h3-4,6-7,14,16H,5,8-12H2,1-2H3. The number of aryl methyl sites for hydroxylation is 1. The molecule has 1 fully saturated rings. The third kappa shape index (κ3) is 4.00. The molecule has 0 spiro atoms. The average molecular weight is 248 g/mol. The SMILES string of the molecule is Cc1ccccc1NCCN1CCCOC(C)C1. The van der Waals surface area contributed by atoms with E-state index in [1.165, 1.54) is 11.3 Å². The molecule has 0 aromatic heterocycles. The van der Waals surface area contributed by atoms with Crippen LogP contribution in [0.15, 0.2) is 24.3 Å². The van der Waals surface area contributed by atoms with Crippen LogP contribution in [0.5, 0.6) is 0 Å². The molecule has 1 aromatic rings. The average Bonchev–Trinajstić information content (AvgIpc) is 2.56. The Bertz CT molecular complexity index is 367. The van der Waals surface area contributed by atoms with E-state index in [1.807, 2.05) is 0 Å². The van der Waals surface area contributed by atoms with Crippen molar-refractivity contribution in [1.82, 2.24) is 4.90 Å². The number of anilines is 1. The zero-order valence-electron chi connectivity index (χ0n) is 11.5. The Morgan fingerprint density at radius 1 is 1.39 bits per heavy atom. The number of rotatable bonds is 4. The van der Waals surface area contributed by atoms with Crippen LogP contribution in [0, 0.1) is 6.92 Å². The van der Waals surface area contributed by atoms with Crippen molar-refractivity contribution < 1.29 is 4.74 Å². The maximum absolute atomic E-state index is 5.65. The molecule has 3 nitrogen and oxygen atoms in total. The lowest BCUT2D eigenvalue weighted by atomic mass is 10.2. The molecule has 1 saturated heterocycles. The van der Waals surface area contributed by atoms with Gasteiger partial charge in [-0.3, -0.25) is 4.90 Å². The van der Waals surface area contributed by atoms with Crippen LogP contribution in [0.1, 0.15) is 18.9 Å². The summed E-state index contributed by atoms with van der Waals surface area (Å²) in [6, 6.07) is 8.44. The van der Waals surface area contributed by atoms with Crippen molar-refractivity contribution in [3.05, 3.63) is 29.8 Å². The molecular formula is C15H24N2O. The van der Waals surface area contributed by atoms with Gasteiger partial charge in [0, 0.05) is 38.5 Å². The van der Waals surface area contributed by atoms with Crippen LogP contribution >= 0.6 is 0 Å². The third-order valence-corrected chi connectivity index (χ3v) is 3.42. The highest BCUT2D eigenvalue weighted by Crippen LogP contribution is 2.12. The molecule has 3 heteroatoms. The highest BCUT2D eigenvalue weighted by atomic mass is 16.5. The quantitative estimate of drug-likeness (QED) is 0.886. The zero-order valence-corrected chi connectivity index (χ0v) is 11.5. The smallest absolute Gasteiger partial charge is 0.0673 e. The van der Waals surface area contributed by atoms with Crippen LogP contribution in [0.2, 0.25) is 0 Å². The first-order valence-corrected chi connectivity index (χ1v) is 6.89. The first kappa shape index (κ1) is 13.4. The van der Waals surface area contributed by atoms with Gasteiger partial charge in [-0.05, 0) is 31.9 Å². The van der Waals surface area contributed by atoms with Crippen LogP contribution in [0.3, 0.4) is 0 Å². The fourth-order valence-corrected chi connectivity index (χ4v) is 2.40. The Balaban J connectivity index is 1.76. The number of para-hydroxylation sites is 1. The van der Waals surface area contributed by atoms with Gasteiger partial charge in [0.25, 0.3) is 0 Å². The second-order valence-corrected chi connectivity index (χ2v) is 5.08. The number of ether oxygens (including phenoxy) is 1. The number of benzene rings is 1. The van der Waals surface area contributed by atoms with E-state index in [0.717, 1.165) is 39.2 Å². The fourth-order valence-electron chi connectivity index (χ4n) is 2.40. The predicted octanol–water partition coefficient (Wildman–Crippen LogP) is 2.52. The van der Waals surface area contributed by atoms with E-state index < -0.39 is 0 Å². The molecule has 0 saturated carbocycles. The van der Waals surface area contributed by atoms with Crippen LogP contribution < -0.4 is 5.32 Å². The molecule has 0 aliphatic carbocycles. The molecule has 2 rings (SSSR count). The Kier molecular flexibility index (Phi) is 5.02. The van der Waals surface area contributed by atoms with E-state index in [-0.39, 0.29) is 0 Å². The first-order chi connectivity index (χ1) is 8.75. The van der Waals surface area contributed by atoms with Gasteiger partial charge in [-0.25, -0.2) is 0 Å². The molecular weight excluding hydrogens is 224 g/mol. The Hall–Kier alpha value is -1.06. The molecule has 0 radical (unpaired) electrons. The highest BCUT2D eigenvalue weighted by Gasteiger charge is 2.14. The maximum atomic E-state index is 5.65. The summed E-state index contributed by atoms with van der Waals surface area (Å²) in [4.78, 5) is 2.49. The predicted molar refractivity (Wildman–Crippen MR) is 76.1 cm³/mol. The number of nitrogens with zero attached hydrogens (tertiary/aromatic N) is 1. The van der Waals surface area contributed by atoms with Gasteiger partial charge >= 0.3 is 0 Å². The van der Waals surface area contributed by atoms with E-state index in [4.69, 9.17) is 4.74 Å². The summed E-state index contributed by atoms with van der Waals surface area (Å²) in [5.74, 6) is 0. The van der Waals surface area contributed by atoms with Crippen molar-refractivity contribution in [2.45, 2.75) is 26.4 Å². The molecule has 1 unspecified atom stereocenters. The highest BCUT2D eigenvalue weighted by molar-refractivity contribution is 5.50. The maximum Gasteiger partial charge on any atom is 0.0673 e. The van der Waals surface area contributed by atoms with Crippen LogP contribution in [0.4, 0.5) is 5.69 Å². The summed E-state index contributed by atoms with van der Waals surface area (Å²) >= 11 is 0. The van der Waals surface area contributed by atoms with Crippen molar-refractivity contribution >= 4 is 5.69 Å². The van der Waals surface area contributed by atoms with Gasteiger partial charge in [-0.15, -0.1) is 0 Å². The van der Waals surface area contributed by atoms with Crippen LogP contribution in [-0.4, -0.2) is 43.8 Å². The monoisotopic (exact) mass is 248 g/mol. The first-order valence-electron chi connectivity index (χ1n) is 6.89. The van der Waals surface area contributed by atoms with Crippen LogP contribution in [-0.2, 0) is 4.74 Å². The lowest BCUT2D eigenvalue weighted by molar-refractivity contribution is 0.0683. The van der Waals surface area contributed by atoms with Gasteiger partial charge < -0.3 is 10.1 Å². The van der Waals surface area contributed by atoms with E-state index in [0.29, 0.717) is 6.10 Å². The molecule has 18 heavy (non-hydrogen) atoms. The number of nitrogens with one attached hydrogen (secondary N) is 1. The number of hydrogen-bond donors (Lipinski definition) is 1. The van der Waals surface area contributed by atoms with Gasteiger partial charge in [0.05, 0.1) is 6.10 Å². The lowest BCUT2D eigenvalue weighted by Gasteiger charge is -2.22. The summed E-state index contributed by atoms with van der Waals surface area (Å²) in [5.41, 5.74) is 2.56. The molecule has 100 valence electrons. The van der Waals surface area contributed by atoms with Gasteiger partial charge in [0.15, 0.2) is 0 Å².